The maximum Gasteiger partial charge on any atom is 0.243 e. The first kappa shape index (κ1) is 22.3. The van der Waals surface area contributed by atoms with Gasteiger partial charge in [-0.25, -0.2) is 0 Å². The summed E-state index contributed by atoms with van der Waals surface area (Å²) in [5.41, 5.74) is 2.11. The molecule has 5 nitrogen and oxygen atoms in total. The van der Waals surface area contributed by atoms with Gasteiger partial charge >= 0.3 is 0 Å². The van der Waals surface area contributed by atoms with Gasteiger partial charge in [-0.1, -0.05) is 38.1 Å². The third kappa shape index (κ3) is 4.97. The van der Waals surface area contributed by atoms with E-state index in [-0.39, 0.29) is 23.1 Å². The van der Waals surface area contributed by atoms with Crippen LogP contribution >= 0.6 is 0 Å². The van der Waals surface area contributed by atoms with Crippen LogP contribution < -0.4 is 10.6 Å². The molecular weight excluding hydrogens is 386 g/mol. The summed E-state index contributed by atoms with van der Waals surface area (Å²) in [4.78, 5) is 28.6. The predicted octanol–water partition coefficient (Wildman–Crippen LogP) is 3.72. The van der Waals surface area contributed by atoms with Crippen molar-refractivity contribution >= 4 is 11.8 Å². The molecule has 2 N–H and O–H groups in total. The SMILES string of the molecule is CC(C)[C@@H](NC(=O)C12CC3CC(CC(C3)C1)C2)C(=O)NCc1ccc(CN(C)C)cc1. The third-order valence-corrected chi connectivity index (χ3v) is 7.74. The fourth-order valence-corrected chi connectivity index (χ4v) is 6.64. The van der Waals surface area contributed by atoms with Gasteiger partial charge in [0.15, 0.2) is 0 Å². The molecule has 4 aliphatic rings. The largest absolute Gasteiger partial charge is 0.350 e. The van der Waals surface area contributed by atoms with Crippen molar-refractivity contribution in [3.63, 3.8) is 0 Å². The second-order valence-electron chi connectivity index (χ2n) is 11.2. The molecule has 5 rings (SSSR count). The second kappa shape index (κ2) is 8.93. The van der Waals surface area contributed by atoms with E-state index in [1.807, 2.05) is 13.8 Å². The molecular formula is C26H39N3O2. The van der Waals surface area contributed by atoms with Crippen molar-refractivity contribution in [2.24, 2.45) is 29.1 Å². The fourth-order valence-electron chi connectivity index (χ4n) is 6.64. The minimum absolute atomic E-state index is 0.0559. The first-order chi connectivity index (χ1) is 14.7. The Labute approximate surface area is 187 Å². The Morgan fingerprint density at radius 1 is 0.968 bits per heavy atom. The van der Waals surface area contributed by atoms with Crippen LogP contribution in [0.5, 0.6) is 0 Å². The highest BCUT2D eigenvalue weighted by molar-refractivity contribution is 5.90. The molecule has 4 saturated carbocycles. The summed E-state index contributed by atoms with van der Waals surface area (Å²) in [7, 11) is 4.11. The number of hydrogen-bond acceptors (Lipinski definition) is 3. The van der Waals surface area contributed by atoms with Crippen LogP contribution in [0.3, 0.4) is 0 Å². The van der Waals surface area contributed by atoms with Crippen LogP contribution in [0.2, 0.25) is 0 Å². The first-order valence-electron chi connectivity index (χ1n) is 12.1. The molecule has 1 aromatic carbocycles. The average molecular weight is 426 g/mol. The molecule has 0 saturated heterocycles. The maximum atomic E-state index is 13.4. The summed E-state index contributed by atoms with van der Waals surface area (Å²) in [5.74, 6) is 2.27. The van der Waals surface area contributed by atoms with Gasteiger partial charge in [-0.3, -0.25) is 9.59 Å². The number of hydrogen-bond donors (Lipinski definition) is 2. The lowest BCUT2D eigenvalue weighted by Gasteiger charge is -2.55. The van der Waals surface area contributed by atoms with Gasteiger partial charge in [0, 0.05) is 18.5 Å². The van der Waals surface area contributed by atoms with E-state index in [2.05, 4.69) is 53.9 Å². The van der Waals surface area contributed by atoms with Crippen LogP contribution in [0, 0.1) is 29.1 Å². The van der Waals surface area contributed by atoms with E-state index in [1.165, 1.54) is 24.8 Å². The van der Waals surface area contributed by atoms with Crippen LogP contribution in [-0.2, 0) is 22.7 Å². The molecule has 170 valence electrons. The van der Waals surface area contributed by atoms with Crippen molar-refractivity contribution in [2.45, 2.75) is 71.5 Å². The lowest BCUT2D eigenvalue weighted by molar-refractivity contribution is -0.149. The van der Waals surface area contributed by atoms with E-state index in [0.717, 1.165) is 49.1 Å². The van der Waals surface area contributed by atoms with Crippen LogP contribution in [-0.4, -0.2) is 36.9 Å². The molecule has 0 radical (unpaired) electrons. The van der Waals surface area contributed by atoms with E-state index in [1.54, 1.807) is 0 Å². The molecule has 4 bridgehead atoms. The smallest absolute Gasteiger partial charge is 0.243 e. The monoisotopic (exact) mass is 425 g/mol. The van der Waals surface area contributed by atoms with Crippen molar-refractivity contribution in [3.8, 4) is 0 Å². The average Bonchev–Trinajstić information content (AvgIpc) is 2.69. The number of benzene rings is 1. The van der Waals surface area contributed by atoms with Crippen molar-refractivity contribution < 1.29 is 9.59 Å². The summed E-state index contributed by atoms with van der Waals surface area (Å²) in [6, 6.07) is 7.87. The molecule has 4 aliphatic carbocycles. The van der Waals surface area contributed by atoms with Crippen molar-refractivity contribution in [1.82, 2.24) is 15.5 Å². The zero-order valence-electron chi connectivity index (χ0n) is 19.6. The summed E-state index contributed by atoms with van der Waals surface area (Å²) in [5, 5.41) is 6.24. The van der Waals surface area contributed by atoms with E-state index in [9.17, 15) is 9.59 Å². The highest BCUT2D eigenvalue weighted by Gasteiger charge is 2.55. The maximum absolute atomic E-state index is 13.4. The van der Waals surface area contributed by atoms with Crippen LogP contribution in [0.1, 0.15) is 63.5 Å². The summed E-state index contributed by atoms with van der Waals surface area (Å²) >= 11 is 0. The summed E-state index contributed by atoms with van der Waals surface area (Å²) < 4.78 is 0. The number of carbonyl (C=O) groups excluding carboxylic acids is 2. The Morgan fingerprint density at radius 3 is 1.97 bits per heavy atom. The van der Waals surface area contributed by atoms with Crippen LogP contribution in [0.4, 0.5) is 0 Å². The van der Waals surface area contributed by atoms with Gasteiger partial charge in [0.05, 0.1) is 0 Å². The molecule has 0 aliphatic heterocycles. The highest BCUT2D eigenvalue weighted by atomic mass is 16.2. The third-order valence-electron chi connectivity index (χ3n) is 7.74. The molecule has 0 heterocycles. The van der Waals surface area contributed by atoms with Crippen molar-refractivity contribution in [1.29, 1.82) is 0 Å². The lowest BCUT2D eigenvalue weighted by atomic mass is 9.49. The van der Waals surface area contributed by atoms with Crippen molar-refractivity contribution in [3.05, 3.63) is 35.4 Å². The fraction of sp³-hybridized carbons (Fsp3) is 0.692. The Kier molecular flexibility index (Phi) is 6.43. The van der Waals surface area contributed by atoms with E-state index >= 15 is 0 Å². The Balaban J connectivity index is 1.35. The molecule has 5 heteroatoms. The lowest BCUT2D eigenvalue weighted by Crippen LogP contribution is -2.58. The molecule has 31 heavy (non-hydrogen) atoms. The number of rotatable bonds is 8. The Hall–Kier alpha value is -1.88. The van der Waals surface area contributed by atoms with Gasteiger partial charge in [-0.2, -0.15) is 0 Å². The summed E-state index contributed by atoms with van der Waals surface area (Å²) in [6.07, 6.45) is 7.01. The molecule has 4 fully saturated rings. The van der Waals surface area contributed by atoms with Gasteiger partial charge in [-0.15, -0.1) is 0 Å². The molecule has 0 unspecified atom stereocenters. The quantitative estimate of drug-likeness (QED) is 0.667. The number of nitrogens with zero attached hydrogens (tertiary/aromatic N) is 1. The normalized spacial score (nSPS) is 29.9. The topological polar surface area (TPSA) is 61.4 Å². The van der Waals surface area contributed by atoms with Gasteiger partial charge < -0.3 is 15.5 Å². The number of carbonyl (C=O) groups is 2. The second-order valence-corrected chi connectivity index (χ2v) is 11.2. The molecule has 2 amide bonds. The molecule has 0 spiro atoms. The van der Waals surface area contributed by atoms with Gasteiger partial charge in [0.1, 0.15) is 6.04 Å². The molecule has 0 aromatic heterocycles. The highest BCUT2D eigenvalue weighted by Crippen LogP contribution is 2.60. The zero-order valence-corrected chi connectivity index (χ0v) is 19.6. The number of amides is 2. The van der Waals surface area contributed by atoms with Crippen LogP contribution in [0.15, 0.2) is 24.3 Å². The molecule has 1 aromatic rings. The van der Waals surface area contributed by atoms with Crippen molar-refractivity contribution in [2.75, 3.05) is 14.1 Å². The van der Waals surface area contributed by atoms with E-state index in [4.69, 9.17) is 0 Å². The number of nitrogens with one attached hydrogen (secondary N) is 2. The van der Waals surface area contributed by atoms with Gasteiger partial charge in [0.2, 0.25) is 11.8 Å². The predicted molar refractivity (Wildman–Crippen MR) is 123 cm³/mol. The first-order valence-corrected chi connectivity index (χ1v) is 12.1. The van der Waals surface area contributed by atoms with Gasteiger partial charge in [-0.05, 0) is 87.4 Å². The van der Waals surface area contributed by atoms with E-state index in [0.29, 0.717) is 6.54 Å². The Bertz CT molecular complexity index is 764. The van der Waals surface area contributed by atoms with Gasteiger partial charge in [0.25, 0.3) is 0 Å². The zero-order chi connectivity index (χ0) is 22.2. The Morgan fingerprint density at radius 2 is 1.48 bits per heavy atom. The minimum Gasteiger partial charge on any atom is -0.350 e. The van der Waals surface area contributed by atoms with E-state index < -0.39 is 6.04 Å². The van der Waals surface area contributed by atoms with Crippen LogP contribution in [0.25, 0.3) is 0 Å². The standard InChI is InChI=1S/C26H39N3O2/c1-17(2)23(24(30)27-15-18-5-7-19(8-6-18)16-29(3)4)28-25(31)26-12-20-9-21(13-26)11-22(10-20)14-26/h5-8,17,20-23H,9-16H2,1-4H3,(H,27,30)(H,28,31)/t20?,21?,22?,23-,26?/m1/s1. The minimum atomic E-state index is -0.478. The summed E-state index contributed by atoms with van der Waals surface area (Å²) in [6.45, 7) is 5.41. The molecule has 1 atom stereocenters.